The lowest BCUT2D eigenvalue weighted by Crippen LogP contribution is -2.16. The Kier molecular flexibility index (Phi) is 4.55. The van der Waals surface area contributed by atoms with Crippen LogP contribution in [-0.2, 0) is 6.42 Å². The van der Waals surface area contributed by atoms with E-state index in [4.69, 9.17) is 0 Å². The molecule has 0 atom stereocenters. The predicted octanol–water partition coefficient (Wildman–Crippen LogP) is 3.76. The molecule has 1 aromatic carbocycles. The van der Waals surface area contributed by atoms with E-state index in [9.17, 15) is 4.79 Å². The van der Waals surface area contributed by atoms with E-state index in [-0.39, 0.29) is 5.56 Å². The highest BCUT2D eigenvalue weighted by molar-refractivity contribution is 14.1. The summed E-state index contributed by atoms with van der Waals surface area (Å²) in [5.74, 6) is 0.622. The molecule has 2 aromatic rings. The number of aromatic nitrogens is 2. The molecule has 0 aliphatic heterocycles. The molecule has 0 fully saturated rings. The largest absolute Gasteiger partial charge is 0.306 e. The van der Waals surface area contributed by atoms with Gasteiger partial charge in [0, 0.05) is 10.0 Å². The van der Waals surface area contributed by atoms with Crippen LogP contribution in [0.1, 0.15) is 19.0 Å². The summed E-state index contributed by atoms with van der Waals surface area (Å²) in [5, 5.41) is 0. The summed E-state index contributed by atoms with van der Waals surface area (Å²) in [6.07, 6.45) is 1.79. The molecule has 1 N–H and O–H groups in total. The van der Waals surface area contributed by atoms with Gasteiger partial charge in [-0.1, -0.05) is 47.5 Å². The number of nitrogens with zero attached hydrogens (tertiary/aromatic N) is 1. The van der Waals surface area contributed by atoms with Crippen molar-refractivity contribution < 1.29 is 0 Å². The van der Waals surface area contributed by atoms with Crippen molar-refractivity contribution in [1.29, 1.82) is 0 Å². The minimum atomic E-state index is -0.0696. The van der Waals surface area contributed by atoms with Gasteiger partial charge in [-0.05, 0) is 35.1 Å². The number of aromatic amines is 1. The highest BCUT2D eigenvalue weighted by Gasteiger charge is 2.11. The maximum absolute atomic E-state index is 11.9. The van der Waals surface area contributed by atoms with Crippen molar-refractivity contribution in [3.63, 3.8) is 0 Å². The van der Waals surface area contributed by atoms with Crippen LogP contribution in [0.2, 0.25) is 0 Å². The number of aryl methyl sites for hydroxylation is 1. The maximum Gasteiger partial charge on any atom is 0.264 e. The van der Waals surface area contributed by atoms with Crippen LogP contribution in [0.4, 0.5) is 0 Å². The van der Waals surface area contributed by atoms with E-state index >= 15 is 0 Å². The lowest BCUT2D eigenvalue weighted by molar-refractivity contribution is 0.860. The fraction of sp³-hybridized carbons (Fsp3) is 0.231. The number of nitrogens with one attached hydrogen (secondary N) is 1. The predicted molar refractivity (Wildman–Crippen MR) is 84.7 cm³/mol. The van der Waals surface area contributed by atoms with Gasteiger partial charge in [-0.2, -0.15) is 0 Å². The fourth-order valence-corrected chi connectivity index (χ4v) is 2.69. The molecule has 2 rings (SSSR count). The molecule has 0 bridgehead atoms. The lowest BCUT2D eigenvalue weighted by atomic mass is 10.2. The van der Waals surface area contributed by atoms with Gasteiger partial charge in [-0.3, -0.25) is 4.79 Å². The van der Waals surface area contributed by atoms with Crippen molar-refractivity contribution in [2.45, 2.75) is 19.8 Å². The molecular formula is C13H12BrIN2O. The quantitative estimate of drug-likeness (QED) is 0.771. The summed E-state index contributed by atoms with van der Waals surface area (Å²) in [6, 6.07) is 7.74. The molecule has 1 aromatic heterocycles. The minimum Gasteiger partial charge on any atom is -0.306 e. The highest BCUT2D eigenvalue weighted by atomic mass is 127. The summed E-state index contributed by atoms with van der Waals surface area (Å²) >= 11 is 5.53. The van der Waals surface area contributed by atoms with Crippen molar-refractivity contribution in [3.8, 4) is 11.4 Å². The van der Waals surface area contributed by atoms with Crippen molar-refractivity contribution >= 4 is 38.5 Å². The molecule has 0 saturated heterocycles. The van der Waals surface area contributed by atoms with Crippen LogP contribution in [0.25, 0.3) is 11.4 Å². The van der Waals surface area contributed by atoms with Crippen LogP contribution >= 0.6 is 38.5 Å². The van der Waals surface area contributed by atoms with Crippen LogP contribution in [0.3, 0.4) is 0 Å². The fourth-order valence-electron chi connectivity index (χ4n) is 1.69. The molecule has 0 saturated carbocycles. The Balaban J connectivity index is 2.59. The first-order chi connectivity index (χ1) is 8.63. The average molecular weight is 419 g/mol. The SMILES string of the molecule is CCCc1nc(-c2ccccc2Br)[nH]c(=O)c1I. The van der Waals surface area contributed by atoms with Crippen LogP contribution in [0.15, 0.2) is 33.5 Å². The van der Waals surface area contributed by atoms with Crippen molar-refractivity contribution in [3.05, 3.63) is 48.4 Å². The average Bonchev–Trinajstić information content (AvgIpc) is 2.35. The molecule has 0 aliphatic carbocycles. The second kappa shape index (κ2) is 5.97. The molecule has 3 nitrogen and oxygen atoms in total. The number of hydrogen-bond acceptors (Lipinski definition) is 2. The first kappa shape index (κ1) is 13.7. The van der Waals surface area contributed by atoms with Crippen molar-refractivity contribution in [1.82, 2.24) is 9.97 Å². The topological polar surface area (TPSA) is 45.8 Å². The third-order valence-electron chi connectivity index (χ3n) is 2.55. The zero-order chi connectivity index (χ0) is 13.1. The van der Waals surface area contributed by atoms with E-state index in [1.807, 2.05) is 24.3 Å². The molecule has 1 heterocycles. The number of hydrogen-bond donors (Lipinski definition) is 1. The summed E-state index contributed by atoms with van der Waals surface area (Å²) < 4.78 is 1.61. The number of H-pyrrole nitrogens is 1. The molecule has 18 heavy (non-hydrogen) atoms. The van der Waals surface area contributed by atoms with Gasteiger partial charge >= 0.3 is 0 Å². The van der Waals surface area contributed by atoms with Crippen LogP contribution in [-0.4, -0.2) is 9.97 Å². The Morgan fingerprint density at radius 1 is 1.39 bits per heavy atom. The van der Waals surface area contributed by atoms with Crippen molar-refractivity contribution in [2.75, 3.05) is 0 Å². The summed E-state index contributed by atoms with van der Waals surface area (Å²) in [4.78, 5) is 19.3. The van der Waals surface area contributed by atoms with Gasteiger partial charge in [0.15, 0.2) is 0 Å². The minimum absolute atomic E-state index is 0.0696. The molecule has 0 amide bonds. The molecule has 0 radical (unpaired) electrons. The van der Waals surface area contributed by atoms with E-state index in [1.165, 1.54) is 0 Å². The zero-order valence-corrected chi connectivity index (χ0v) is 13.6. The van der Waals surface area contributed by atoms with E-state index < -0.39 is 0 Å². The Morgan fingerprint density at radius 2 is 2.11 bits per heavy atom. The molecule has 0 aliphatic rings. The number of halogens is 2. The van der Waals surface area contributed by atoms with E-state index in [0.29, 0.717) is 9.39 Å². The first-order valence-corrected chi connectivity index (χ1v) is 7.54. The number of benzene rings is 1. The molecule has 94 valence electrons. The normalized spacial score (nSPS) is 10.6. The van der Waals surface area contributed by atoms with Crippen molar-refractivity contribution in [2.24, 2.45) is 0 Å². The third kappa shape index (κ3) is 2.83. The van der Waals surface area contributed by atoms with Crippen LogP contribution < -0.4 is 5.56 Å². The monoisotopic (exact) mass is 418 g/mol. The molecular weight excluding hydrogens is 407 g/mol. The van der Waals surface area contributed by atoms with Crippen LogP contribution in [0.5, 0.6) is 0 Å². The Hall–Kier alpha value is -0.690. The lowest BCUT2D eigenvalue weighted by Gasteiger charge is -2.07. The summed E-state index contributed by atoms with van der Waals surface area (Å²) in [7, 11) is 0. The smallest absolute Gasteiger partial charge is 0.264 e. The van der Waals surface area contributed by atoms with Gasteiger partial charge in [-0.25, -0.2) is 4.98 Å². The maximum atomic E-state index is 11.9. The van der Waals surface area contributed by atoms with Gasteiger partial charge in [0.05, 0.1) is 9.26 Å². The molecule has 0 unspecified atom stereocenters. The van der Waals surface area contributed by atoms with Gasteiger partial charge < -0.3 is 4.98 Å². The van der Waals surface area contributed by atoms with E-state index in [1.54, 1.807) is 0 Å². The second-order valence-corrected chi connectivity index (χ2v) is 5.84. The summed E-state index contributed by atoms with van der Waals surface area (Å²) in [5.41, 5.74) is 1.70. The van der Waals surface area contributed by atoms with Gasteiger partial charge in [0.25, 0.3) is 5.56 Å². The highest BCUT2D eigenvalue weighted by Crippen LogP contribution is 2.25. The van der Waals surface area contributed by atoms with Gasteiger partial charge in [-0.15, -0.1) is 0 Å². The van der Waals surface area contributed by atoms with Gasteiger partial charge in [0.1, 0.15) is 5.82 Å². The Morgan fingerprint density at radius 3 is 2.78 bits per heavy atom. The Labute approximate surface area is 127 Å². The third-order valence-corrected chi connectivity index (χ3v) is 4.35. The second-order valence-electron chi connectivity index (χ2n) is 3.91. The van der Waals surface area contributed by atoms with E-state index in [0.717, 1.165) is 28.6 Å². The first-order valence-electron chi connectivity index (χ1n) is 5.67. The standard InChI is InChI=1S/C13H12BrIN2O/c1-2-5-10-11(15)13(18)17-12(16-10)8-6-3-4-7-9(8)14/h3-4,6-7H,2,5H2,1H3,(H,16,17,18). The molecule has 5 heteroatoms. The van der Waals surface area contributed by atoms with E-state index in [2.05, 4.69) is 55.4 Å². The zero-order valence-electron chi connectivity index (χ0n) is 9.84. The number of rotatable bonds is 3. The van der Waals surface area contributed by atoms with Crippen LogP contribution in [0, 0.1) is 3.57 Å². The van der Waals surface area contributed by atoms with Gasteiger partial charge in [0.2, 0.25) is 0 Å². The molecule has 0 spiro atoms. The summed E-state index contributed by atoms with van der Waals surface area (Å²) in [6.45, 7) is 2.08. The Bertz CT molecular complexity index is 625.